The van der Waals surface area contributed by atoms with Gasteiger partial charge in [-0.25, -0.2) is 0 Å². The van der Waals surface area contributed by atoms with E-state index in [-0.39, 0.29) is 17.9 Å². The van der Waals surface area contributed by atoms with Gasteiger partial charge in [0.05, 0.1) is 33.3 Å². The Morgan fingerprint density at radius 1 is 1.13 bits per heavy atom. The lowest BCUT2D eigenvalue weighted by Crippen LogP contribution is -2.52. The molecule has 6 nitrogen and oxygen atoms in total. The van der Waals surface area contributed by atoms with Gasteiger partial charge in [-0.15, -0.1) is 0 Å². The van der Waals surface area contributed by atoms with Crippen LogP contribution in [0, 0.1) is 0 Å². The average Bonchev–Trinajstić information content (AvgIpc) is 3.02. The number of methoxy groups -OCH3 is 3. The van der Waals surface area contributed by atoms with Gasteiger partial charge in [0, 0.05) is 6.54 Å². The van der Waals surface area contributed by atoms with Crippen molar-refractivity contribution < 1.29 is 19.0 Å². The lowest BCUT2D eigenvalue weighted by Gasteiger charge is -2.28. The second-order valence-electron chi connectivity index (χ2n) is 5.95. The molecule has 0 aliphatic heterocycles. The molecule has 6 heteroatoms. The van der Waals surface area contributed by atoms with Gasteiger partial charge in [0.25, 0.3) is 0 Å². The van der Waals surface area contributed by atoms with Gasteiger partial charge in [-0.3, -0.25) is 4.79 Å². The lowest BCUT2D eigenvalue weighted by molar-refractivity contribution is -0.122. The zero-order valence-corrected chi connectivity index (χ0v) is 14.1. The van der Waals surface area contributed by atoms with Crippen LogP contribution in [0.15, 0.2) is 12.1 Å². The Labute approximate surface area is 137 Å². The van der Waals surface area contributed by atoms with Crippen LogP contribution in [0.4, 0.5) is 0 Å². The van der Waals surface area contributed by atoms with E-state index in [4.69, 9.17) is 19.9 Å². The van der Waals surface area contributed by atoms with E-state index in [0.717, 1.165) is 31.2 Å². The van der Waals surface area contributed by atoms with Gasteiger partial charge in [-0.1, -0.05) is 12.8 Å². The minimum absolute atomic E-state index is 0.0355. The fourth-order valence-electron chi connectivity index (χ4n) is 3.19. The Kier molecular flexibility index (Phi) is 5.71. The number of hydrogen-bond acceptors (Lipinski definition) is 5. The van der Waals surface area contributed by atoms with Crippen LogP contribution in [0.5, 0.6) is 17.2 Å². The number of benzene rings is 1. The van der Waals surface area contributed by atoms with E-state index in [9.17, 15) is 4.79 Å². The number of carbonyl (C=O) groups excluding carboxylic acids is 1. The maximum atomic E-state index is 12.4. The summed E-state index contributed by atoms with van der Waals surface area (Å²) in [6.45, 7) is 0.480. The molecule has 128 valence electrons. The molecule has 23 heavy (non-hydrogen) atoms. The van der Waals surface area contributed by atoms with E-state index in [0.29, 0.717) is 23.8 Å². The molecule has 0 heterocycles. The summed E-state index contributed by atoms with van der Waals surface area (Å²) >= 11 is 0. The third kappa shape index (κ3) is 3.88. The lowest BCUT2D eigenvalue weighted by atomic mass is 9.97. The first-order chi connectivity index (χ1) is 11.1. The number of nitrogens with one attached hydrogen (secondary N) is 1. The third-order valence-electron chi connectivity index (χ3n) is 4.45. The van der Waals surface area contributed by atoms with Crippen LogP contribution < -0.4 is 25.3 Å². The van der Waals surface area contributed by atoms with Crippen molar-refractivity contribution in [2.45, 2.75) is 37.6 Å². The molecule has 1 saturated carbocycles. The Balaban J connectivity index is 2.14. The van der Waals surface area contributed by atoms with Crippen LogP contribution in [-0.4, -0.2) is 39.3 Å². The molecular formula is C17H26N2O4. The largest absolute Gasteiger partial charge is 0.493 e. The molecule has 0 aromatic heterocycles. The predicted molar refractivity (Wildman–Crippen MR) is 88.2 cm³/mol. The van der Waals surface area contributed by atoms with Crippen LogP contribution in [0.25, 0.3) is 0 Å². The fraction of sp³-hybridized carbons (Fsp3) is 0.588. The Hall–Kier alpha value is -1.95. The van der Waals surface area contributed by atoms with Crippen molar-refractivity contribution in [3.05, 3.63) is 17.7 Å². The van der Waals surface area contributed by atoms with Crippen molar-refractivity contribution in [2.75, 3.05) is 27.9 Å². The molecule has 1 amide bonds. The molecule has 2 rings (SSSR count). The summed E-state index contributed by atoms with van der Waals surface area (Å²) in [6, 6.07) is 3.59. The first-order valence-corrected chi connectivity index (χ1v) is 7.87. The highest BCUT2D eigenvalue weighted by molar-refractivity contribution is 5.80. The average molecular weight is 322 g/mol. The Morgan fingerprint density at radius 2 is 1.70 bits per heavy atom. The topological polar surface area (TPSA) is 82.8 Å². The maximum Gasteiger partial charge on any atom is 0.224 e. The van der Waals surface area contributed by atoms with E-state index < -0.39 is 0 Å². The number of ether oxygens (including phenoxy) is 3. The summed E-state index contributed by atoms with van der Waals surface area (Å²) in [5, 5.41) is 3.12. The van der Waals surface area contributed by atoms with Crippen LogP contribution in [-0.2, 0) is 11.2 Å². The van der Waals surface area contributed by atoms with Gasteiger partial charge < -0.3 is 25.3 Å². The maximum absolute atomic E-state index is 12.4. The number of rotatable bonds is 7. The molecule has 0 spiro atoms. The second kappa shape index (κ2) is 7.55. The molecule has 0 atom stereocenters. The summed E-state index contributed by atoms with van der Waals surface area (Å²) in [5.41, 5.74) is 6.44. The molecule has 1 aromatic rings. The molecule has 0 radical (unpaired) electrons. The Morgan fingerprint density at radius 3 is 2.13 bits per heavy atom. The van der Waals surface area contributed by atoms with Gasteiger partial charge in [-0.2, -0.15) is 0 Å². The molecule has 1 aliphatic rings. The van der Waals surface area contributed by atoms with Gasteiger partial charge in [0.15, 0.2) is 11.5 Å². The monoisotopic (exact) mass is 322 g/mol. The molecule has 1 aliphatic carbocycles. The number of nitrogens with two attached hydrogens (primary N) is 1. The summed E-state index contributed by atoms with van der Waals surface area (Å²) in [7, 11) is 4.67. The summed E-state index contributed by atoms with van der Waals surface area (Å²) in [5.74, 6) is 1.58. The molecule has 1 aromatic carbocycles. The van der Waals surface area contributed by atoms with Crippen LogP contribution in [0.1, 0.15) is 31.2 Å². The molecule has 0 unspecified atom stereocenters. The van der Waals surface area contributed by atoms with Gasteiger partial charge >= 0.3 is 0 Å². The normalized spacial score (nSPS) is 16.0. The van der Waals surface area contributed by atoms with E-state index in [2.05, 4.69) is 5.32 Å². The fourth-order valence-corrected chi connectivity index (χ4v) is 3.19. The smallest absolute Gasteiger partial charge is 0.224 e. The van der Waals surface area contributed by atoms with Gasteiger partial charge in [0.2, 0.25) is 11.7 Å². The van der Waals surface area contributed by atoms with Crippen molar-refractivity contribution in [1.29, 1.82) is 0 Å². The first kappa shape index (κ1) is 17.4. The molecular weight excluding hydrogens is 296 g/mol. The standard InChI is InChI=1S/C17H26N2O4/c1-21-13-8-12(9-14(22-2)16(13)23-3)10-15(20)19-17(11-18)6-4-5-7-17/h8-9H,4-7,10-11,18H2,1-3H3,(H,19,20). The molecule has 0 saturated heterocycles. The minimum atomic E-state index is -0.238. The van der Waals surface area contributed by atoms with Crippen LogP contribution >= 0.6 is 0 Å². The number of carbonyl (C=O) groups is 1. The van der Waals surface area contributed by atoms with Crippen molar-refractivity contribution in [1.82, 2.24) is 5.32 Å². The van der Waals surface area contributed by atoms with Crippen molar-refractivity contribution in [2.24, 2.45) is 5.73 Å². The Bertz CT molecular complexity index is 529. The predicted octanol–water partition coefficient (Wildman–Crippen LogP) is 1.64. The summed E-state index contributed by atoms with van der Waals surface area (Å²) in [6.07, 6.45) is 4.37. The molecule has 3 N–H and O–H groups in total. The number of amides is 1. The highest BCUT2D eigenvalue weighted by Crippen LogP contribution is 2.38. The van der Waals surface area contributed by atoms with Crippen LogP contribution in [0.2, 0.25) is 0 Å². The number of hydrogen-bond donors (Lipinski definition) is 2. The highest BCUT2D eigenvalue weighted by Gasteiger charge is 2.33. The first-order valence-electron chi connectivity index (χ1n) is 7.87. The zero-order valence-electron chi connectivity index (χ0n) is 14.1. The van der Waals surface area contributed by atoms with Crippen molar-refractivity contribution >= 4 is 5.91 Å². The molecule has 1 fully saturated rings. The zero-order chi connectivity index (χ0) is 16.9. The SMILES string of the molecule is COc1cc(CC(=O)NC2(CN)CCCC2)cc(OC)c1OC. The van der Waals surface area contributed by atoms with E-state index in [1.807, 2.05) is 0 Å². The second-order valence-corrected chi connectivity index (χ2v) is 5.95. The van der Waals surface area contributed by atoms with Crippen LogP contribution in [0.3, 0.4) is 0 Å². The van der Waals surface area contributed by atoms with E-state index >= 15 is 0 Å². The van der Waals surface area contributed by atoms with E-state index in [1.54, 1.807) is 33.5 Å². The highest BCUT2D eigenvalue weighted by atomic mass is 16.5. The van der Waals surface area contributed by atoms with Gasteiger partial charge in [0.1, 0.15) is 0 Å². The summed E-state index contributed by atoms with van der Waals surface area (Å²) < 4.78 is 15.9. The van der Waals surface area contributed by atoms with Gasteiger partial charge in [-0.05, 0) is 30.5 Å². The quantitative estimate of drug-likeness (QED) is 0.797. The van der Waals surface area contributed by atoms with Crippen molar-refractivity contribution in [3.63, 3.8) is 0 Å². The third-order valence-corrected chi connectivity index (χ3v) is 4.45. The minimum Gasteiger partial charge on any atom is -0.493 e. The molecule has 0 bridgehead atoms. The van der Waals surface area contributed by atoms with Crippen molar-refractivity contribution in [3.8, 4) is 17.2 Å². The summed E-state index contributed by atoms with van der Waals surface area (Å²) in [4.78, 5) is 12.4. The van der Waals surface area contributed by atoms with E-state index in [1.165, 1.54) is 0 Å².